The van der Waals surface area contributed by atoms with Crippen molar-refractivity contribution >= 4 is 16.5 Å². The van der Waals surface area contributed by atoms with E-state index in [0.29, 0.717) is 23.6 Å². The van der Waals surface area contributed by atoms with Crippen molar-refractivity contribution in [1.82, 2.24) is 24.0 Å². The van der Waals surface area contributed by atoms with Gasteiger partial charge in [0.15, 0.2) is 5.58 Å². The van der Waals surface area contributed by atoms with E-state index in [4.69, 9.17) is 4.52 Å². The Bertz CT molecular complexity index is 1230. The van der Waals surface area contributed by atoms with E-state index < -0.39 is 0 Å². The van der Waals surface area contributed by atoms with Crippen molar-refractivity contribution in [3.63, 3.8) is 0 Å². The van der Waals surface area contributed by atoms with E-state index >= 15 is 0 Å². The summed E-state index contributed by atoms with van der Waals surface area (Å²) in [7, 11) is 0. The third-order valence-electron chi connectivity index (χ3n) is 5.95. The first-order valence-electron chi connectivity index (χ1n) is 9.90. The van der Waals surface area contributed by atoms with Crippen LogP contribution in [0.25, 0.3) is 16.5 Å². The molecule has 1 fully saturated rings. The van der Waals surface area contributed by atoms with Crippen LogP contribution in [0.2, 0.25) is 0 Å². The van der Waals surface area contributed by atoms with Crippen molar-refractivity contribution in [3.05, 3.63) is 64.5 Å². The summed E-state index contributed by atoms with van der Waals surface area (Å²) in [5.41, 5.74) is 2.03. The van der Waals surface area contributed by atoms with E-state index in [-0.39, 0.29) is 11.4 Å². The molecule has 1 saturated heterocycles. The maximum absolute atomic E-state index is 13.4. The van der Waals surface area contributed by atoms with E-state index in [1.807, 2.05) is 23.7 Å². The highest BCUT2D eigenvalue weighted by Gasteiger charge is 2.25. The van der Waals surface area contributed by atoms with Gasteiger partial charge in [-0.15, -0.1) is 0 Å². The monoisotopic (exact) mass is 395 g/mol. The van der Waals surface area contributed by atoms with Crippen molar-refractivity contribution in [2.75, 3.05) is 19.6 Å². The molecular formula is C21H22FN5O2. The molecule has 0 atom stereocenters. The molecule has 150 valence electrons. The van der Waals surface area contributed by atoms with Gasteiger partial charge in [-0.1, -0.05) is 5.16 Å². The summed E-state index contributed by atoms with van der Waals surface area (Å²) >= 11 is 0. The molecule has 0 aliphatic carbocycles. The molecule has 0 amide bonds. The molecule has 0 bridgehead atoms. The van der Waals surface area contributed by atoms with Crippen molar-refractivity contribution in [2.45, 2.75) is 32.2 Å². The van der Waals surface area contributed by atoms with Crippen LogP contribution in [-0.4, -0.2) is 43.6 Å². The molecule has 0 spiro atoms. The zero-order valence-electron chi connectivity index (χ0n) is 16.2. The Kier molecular flexibility index (Phi) is 4.43. The average molecular weight is 395 g/mol. The van der Waals surface area contributed by atoms with Gasteiger partial charge in [-0.05, 0) is 45.0 Å². The van der Waals surface area contributed by atoms with Crippen molar-refractivity contribution in [1.29, 1.82) is 0 Å². The smallest absolute Gasteiger partial charge is 0.276 e. The van der Waals surface area contributed by atoms with Gasteiger partial charge >= 0.3 is 0 Å². The van der Waals surface area contributed by atoms with Crippen molar-refractivity contribution in [3.8, 4) is 0 Å². The predicted octanol–water partition coefficient (Wildman–Crippen LogP) is 2.96. The number of fused-ring (bicyclic) bond motifs is 2. The Morgan fingerprint density at radius 2 is 2.03 bits per heavy atom. The Morgan fingerprint density at radius 1 is 1.21 bits per heavy atom. The molecule has 1 aliphatic heterocycles. The average Bonchev–Trinajstić information content (AvgIpc) is 3.32. The number of hydrogen-bond donors (Lipinski definition) is 0. The fraction of sp³-hybridized carbons (Fsp3) is 0.381. The highest BCUT2D eigenvalue weighted by Crippen LogP contribution is 2.32. The number of rotatable bonds is 4. The number of aromatic nitrogens is 4. The summed E-state index contributed by atoms with van der Waals surface area (Å²) in [6.07, 6.45) is 7.29. The van der Waals surface area contributed by atoms with Crippen LogP contribution in [0.3, 0.4) is 0 Å². The van der Waals surface area contributed by atoms with Crippen LogP contribution in [0.15, 0.2) is 46.1 Å². The zero-order chi connectivity index (χ0) is 20.0. The number of imidazole rings is 1. The number of likely N-dealkylation sites (tertiary alicyclic amines) is 1. The molecule has 29 heavy (non-hydrogen) atoms. The number of nitrogens with zero attached hydrogens (tertiary/aromatic N) is 5. The Balaban J connectivity index is 1.23. The number of aryl methyl sites for hydroxylation is 1. The molecule has 0 N–H and O–H groups in total. The quantitative estimate of drug-likeness (QED) is 0.531. The molecule has 1 aliphatic rings. The lowest BCUT2D eigenvalue weighted by atomic mass is 9.91. The van der Waals surface area contributed by atoms with Gasteiger partial charge in [0.05, 0.1) is 11.9 Å². The van der Waals surface area contributed by atoms with E-state index in [0.717, 1.165) is 49.4 Å². The van der Waals surface area contributed by atoms with Gasteiger partial charge in [0.1, 0.15) is 17.2 Å². The second kappa shape index (κ2) is 7.11. The molecule has 7 nitrogen and oxygen atoms in total. The predicted molar refractivity (Wildman–Crippen MR) is 107 cm³/mol. The molecule has 8 heteroatoms. The number of hydrogen-bond acceptors (Lipinski definition) is 5. The van der Waals surface area contributed by atoms with Crippen LogP contribution in [0.1, 0.15) is 30.3 Å². The fourth-order valence-corrected chi connectivity index (χ4v) is 4.24. The standard InChI is InChI=1S/C21H22FN5O2/c1-14-23-13-18-21(28)26(10-11-27(14)18)9-8-25-6-4-15(5-7-25)20-17-3-2-16(22)12-19(17)29-24-20/h2-3,10-13,15H,4-9H2,1H3. The van der Waals surface area contributed by atoms with Gasteiger partial charge in [-0.3, -0.25) is 9.20 Å². The van der Waals surface area contributed by atoms with E-state index in [1.54, 1.807) is 16.8 Å². The van der Waals surface area contributed by atoms with Crippen LogP contribution in [0.4, 0.5) is 4.39 Å². The van der Waals surface area contributed by atoms with Crippen LogP contribution < -0.4 is 5.56 Å². The summed E-state index contributed by atoms with van der Waals surface area (Å²) in [4.78, 5) is 19.2. The summed E-state index contributed by atoms with van der Waals surface area (Å²) in [6.45, 7) is 5.22. The van der Waals surface area contributed by atoms with Crippen LogP contribution >= 0.6 is 0 Å². The lowest BCUT2D eigenvalue weighted by Crippen LogP contribution is -2.37. The molecule has 1 aromatic carbocycles. The normalized spacial score (nSPS) is 16.2. The number of piperidine rings is 1. The highest BCUT2D eigenvalue weighted by molar-refractivity contribution is 5.79. The first kappa shape index (κ1) is 18.1. The largest absolute Gasteiger partial charge is 0.356 e. The maximum Gasteiger partial charge on any atom is 0.276 e. The van der Waals surface area contributed by atoms with Gasteiger partial charge in [0.25, 0.3) is 5.56 Å². The zero-order valence-corrected chi connectivity index (χ0v) is 16.2. The van der Waals surface area contributed by atoms with Crippen LogP contribution in [0.5, 0.6) is 0 Å². The maximum atomic E-state index is 13.4. The minimum absolute atomic E-state index is 0.00992. The number of halogens is 1. The van der Waals surface area contributed by atoms with E-state index in [1.165, 1.54) is 12.1 Å². The first-order valence-corrected chi connectivity index (χ1v) is 9.90. The van der Waals surface area contributed by atoms with E-state index in [9.17, 15) is 9.18 Å². The molecule has 4 heterocycles. The molecule has 5 rings (SSSR count). The molecule has 3 aromatic heterocycles. The highest BCUT2D eigenvalue weighted by atomic mass is 19.1. The SMILES string of the molecule is Cc1ncc2c(=O)n(CCN3CCC(c4noc5cc(F)ccc45)CC3)ccn12. The van der Waals surface area contributed by atoms with Crippen LogP contribution in [-0.2, 0) is 6.54 Å². The molecular weight excluding hydrogens is 373 g/mol. The second-order valence-electron chi connectivity index (χ2n) is 7.68. The Morgan fingerprint density at radius 3 is 2.86 bits per heavy atom. The van der Waals surface area contributed by atoms with Crippen LogP contribution in [0, 0.1) is 12.7 Å². The van der Waals surface area contributed by atoms with Gasteiger partial charge in [-0.2, -0.15) is 0 Å². The first-order chi connectivity index (χ1) is 14.1. The molecule has 0 radical (unpaired) electrons. The topological polar surface area (TPSA) is 68.6 Å². The summed E-state index contributed by atoms with van der Waals surface area (Å²) in [5.74, 6) is 0.816. The molecule has 4 aromatic rings. The minimum Gasteiger partial charge on any atom is -0.356 e. The third-order valence-corrected chi connectivity index (χ3v) is 5.95. The van der Waals surface area contributed by atoms with Crippen molar-refractivity contribution in [2.24, 2.45) is 0 Å². The van der Waals surface area contributed by atoms with Gasteiger partial charge in [0, 0.05) is 42.9 Å². The summed E-state index contributed by atoms with van der Waals surface area (Å²) in [5, 5.41) is 5.11. The fourth-order valence-electron chi connectivity index (χ4n) is 4.24. The third kappa shape index (κ3) is 3.23. The Labute approximate surface area is 166 Å². The molecule has 0 unspecified atom stereocenters. The van der Waals surface area contributed by atoms with Gasteiger partial charge in [-0.25, -0.2) is 9.37 Å². The van der Waals surface area contributed by atoms with Gasteiger partial charge in [0.2, 0.25) is 0 Å². The summed E-state index contributed by atoms with van der Waals surface area (Å²) in [6, 6.07) is 4.59. The minimum atomic E-state index is -0.311. The lowest BCUT2D eigenvalue weighted by Gasteiger charge is -2.31. The molecule has 0 saturated carbocycles. The second-order valence-corrected chi connectivity index (χ2v) is 7.68. The summed E-state index contributed by atoms with van der Waals surface area (Å²) < 4.78 is 22.2. The van der Waals surface area contributed by atoms with Crippen molar-refractivity contribution < 1.29 is 8.91 Å². The lowest BCUT2D eigenvalue weighted by molar-refractivity contribution is 0.202. The Hall–Kier alpha value is -3.00. The number of benzene rings is 1. The van der Waals surface area contributed by atoms with E-state index in [2.05, 4.69) is 15.0 Å². The van der Waals surface area contributed by atoms with Gasteiger partial charge < -0.3 is 14.0 Å².